The third-order valence-corrected chi connectivity index (χ3v) is 5.12. The van der Waals surface area contributed by atoms with Gasteiger partial charge in [0.15, 0.2) is 0 Å². The lowest BCUT2D eigenvalue weighted by Crippen LogP contribution is -2.50. The van der Waals surface area contributed by atoms with Gasteiger partial charge in [-0.05, 0) is 48.9 Å². The van der Waals surface area contributed by atoms with Crippen LogP contribution in [-0.4, -0.2) is 56.0 Å². The fraction of sp³-hybridized carbons (Fsp3) is 0.364. The van der Waals surface area contributed by atoms with Crippen LogP contribution in [0.3, 0.4) is 0 Å². The van der Waals surface area contributed by atoms with Crippen molar-refractivity contribution >= 4 is 23.2 Å². The molecule has 1 aliphatic heterocycles. The van der Waals surface area contributed by atoms with Gasteiger partial charge in [0.05, 0.1) is 6.54 Å². The van der Waals surface area contributed by atoms with Crippen LogP contribution in [0.1, 0.15) is 12.0 Å². The number of amides is 2. The van der Waals surface area contributed by atoms with Gasteiger partial charge in [0, 0.05) is 50.5 Å². The topological polar surface area (TPSA) is 69.9 Å². The fourth-order valence-corrected chi connectivity index (χ4v) is 3.51. The summed E-state index contributed by atoms with van der Waals surface area (Å²) in [7, 11) is 0. The number of rotatable bonds is 7. The number of nitrogens with zero attached hydrogens (tertiary/aromatic N) is 3. The molecule has 6 nitrogen and oxygen atoms in total. The standard InChI is InChI=1S/C22H27FN4O2/c1-17-3-2-4-20(15-17)26-13-11-25(12-14-26)16-22(29)27(10-9-21(24)28)19-7-5-18(23)6-8-19/h2-8,15H,9-14,16H2,1H3,(H2,24,28). The summed E-state index contributed by atoms with van der Waals surface area (Å²) in [4.78, 5) is 30.1. The zero-order valence-electron chi connectivity index (χ0n) is 16.7. The molecule has 3 rings (SSSR count). The van der Waals surface area contributed by atoms with Crippen LogP contribution < -0.4 is 15.5 Å². The van der Waals surface area contributed by atoms with E-state index in [1.165, 1.54) is 28.3 Å². The van der Waals surface area contributed by atoms with Crippen LogP contribution in [0, 0.1) is 12.7 Å². The molecule has 2 N–H and O–H groups in total. The number of anilines is 2. The summed E-state index contributed by atoms with van der Waals surface area (Å²) in [6.45, 7) is 5.73. The van der Waals surface area contributed by atoms with Crippen molar-refractivity contribution in [3.63, 3.8) is 0 Å². The summed E-state index contributed by atoms with van der Waals surface area (Å²) < 4.78 is 13.2. The van der Waals surface area contributed by atoms with Crippen LogP contribution in [0.15, 0.2) is 48.5 Å². The summed E-state index contributed by atoms with van der Waals surface area (Å²) in [5.41, 5.74) is 8.25. The van der Waals surface area contributed by atoms with E-state index >= 15 is 0 Å². The number of benzene rings is 2. The van der Waals surface area contributed by atoms with Crippen molar-refractivity contribution in [1.82, 2.24) is 4.90 Å². The summed E-state index contributed by atoms with van der Waals surface area (Å²) in [5, 5.41) is 0. The zero-order chi connectivity index (χ0) is 20.8. The Morgan fingerprint density at radius 3 is 2.38 bits per heavy atom. The third-order valence-electron chi connectivity index (χ3n) is 5.12. The lowest BCUT2D eigenvalue weighted by Gasteiger charge is -2.36. The lowest BCUT2D eigenvalue weighted by molar-refractivity contribution is -0.120. The molecule has 29 heavy (non-hydrogen) atoms. The molecule has 0 spiro atoms. The molecule has 1 fully saturated rings. The van der Waals surface area contributed by atoms with Crippen molar-refractivity contribution < 1.29 is 14.0 Å². The number of aryl methyl sites for hydroxylation is 1. The van der Waals surface area contributed by atoms with E-state index in [0.29, 0.717) is 5.69 Å². The van der Waals surface area contributed by atoms with Gasteiger partial charge in [-0.3, -0.25) is 14.5 Å². The second kappa shape index (κ2) is 9.52. The van der Waals surface area contributed by atoms with Crippen molar-refractivity contribution in [1.29, 1.82) is 0 Å². The summed E-state index contributed by atoms with van der Waals surface area (Å²) in [5.74, 6) is -0.970. The quantitative estimate of drug-likeness (QED) is 0.776. The van der Waals surface area contributed by atoms with Crippen molar-refractivity contribution in [3.05, 3.63) is 59.9 Å². The van der Waals surface area contributed by atoms with Crippen LogP contribution >= 0.6 is 0 Å². The van der Waals surface area contributed by atoms with Crippen LogP contribution in [-0.2, 0) is 9.59 Å². The first-order valence-electron chi connectivity index (χ1n) is 9.80. The Labute approximate surface area is 170 Å². The molecule has 0 bridgehead atoms. The molecule has 154 valence electrons. The predicted molar refractivity (Wildman–Crippen MR) is 112 cm³/mol. The molecule has 0 aromatic heterocycles. The normalized spacial score (nSPS) is 14.6. The lowest BCUT2D eigenvalue weighted by atomic mass is 10.2. The zero-order valence-corrected chi connectivity index (χ0v) is 16.7. The molecule has 1 saturated heterocycles. The molecule has 0 radical (unpaired) electrons. The minimum Gasteiger partial charge on any atom is -0.370 e. The minimum atomic E-state index is -0.475. The van der Waals surface area contributed by atoms with E-state index in [-0.39, 0.29) is 31.2 Å². The molecule has 0 unspecified atom stereocenters. The number of carbonyl (C=O) groups is 2. The Kier molecular flexibility index (Phi) is 6.82. The second-order valence-corrected chi connectivity index (χ2v) is 7.34. The van der Waals surface area contributed by atoms with Gasteiger partial charge in [0.1, 0.15) is 5.82 Å². The van der Waals surface area contributed by atoms with Gasteiger partial charge in [-0.2, -0.15) is 0 Å². The Bertz CT molecular complexity index is 848. The van der Waals surface area contributed by atoms with E-state index in [0.717, 1.165) is 26.2 Å². The number of carbonyl (C=O) groups excluding carboxylic acids is 2. The van der Waals surface area contributed by atoms with Crippen molar-refractivity contribution in [2.24, 2.45) is 5.73 Å². The maximum Gasteiger partial charge on any atom is 0.241 e. The largest absolute Gasteiger partial charge is 0.370 e. The summed E-state index contributed by atoms with van der Waals surface area (Å²) >= 11 is 0. The highest BCUT2D eigenvalue weighted by molar-refractivity contribution is 5.95. The number of piperazine rings is 1. The molecule has 2 aromatic rings. The summed E-state index contributed by atoms with van der Waals surface area (Å²) in [6, 6.07) is 14.1. The highest BCUT2D eigenvalue weighted by Gasteiger charge is 2.23. The minimum absolute atomic E-state index is 0.0598. The van der Waals surface area contributed by atoms with Crippen LogP contribution in [0.4, 0.5) is 15.8 Å². The van der Waals surface area contributed by atoms with Gasteiger partial charge < -0.3 is 15.5 Å². The predicted octanol–water partition coefficient (Wildman–Crippen LogP) is 2.16. The average molecular weight is 398 g/mol. The van der Waals surface area contributed by atoms with Crippen LogP contribution in [0.2, 0.25) is 0 Å². The van der Waals surface area contributed by atoms with Crippen LogP contribution in [0.5, 0.6) is 0 Å². The molecule has 0 aliphatic carbocycles. The number of hydrogen-bond donors (Lipinski definition) is 1. The highest BCUT2D eigenvalue weighted by Crippen LogP contribution is 2.19. The number of hydrogen-bond acceptors (Lipinski definition) is 4. The smallest absolute Gasteiger partial charge is 0.241 e. The number of primary amides is 1. The Morgan fingerprint density at radius 2 is 1.76 bits per heavy atom. The van der Waals surface area contributed by atoms with E-state index in [1.54, 1.807) is 12.1 Å². The maximum absolute atomic E-state index is 13.2. The first-order valence-corrected chi connectivity index (χ1v) is 9.80. The molecule has 7 heteroatoms. The van der Waals surface area contributed by atoms with Gasteiger partial charge in [-0.1, -0.05) is 12.1 Å². The fourth-order valence-electron chi connectivity index (χ4n) is 3.51. The highest BCUT2D eigenvalue weighted by atomic mass is 19.1. The van der Waals surface area contributed by atoms with Gasteiger partial charge >= 0.3 is 0 Å². The first kappa shape index (κ1) is 20.8. The van der Waals surface area contributed by atoms with E-state index < -0.39 is 5.91 Å². The second-order valence-electron chi connectivity index (χ2n) is 7.34. The van der Waals surface area contributed by atoms with E-state index in [4.69, 9.17) is 5.73 Å². The monoisotopic (exact) mass is 398 g/mol. The van der Waals surface area contributed by atoms with Crippen molar-refractivity contribution in [2.45, 2.75) is 13.3 Å². The van der Waals surface area contributed by atoms with E-state index in [1.807, 2.05) is 0 Å². The molecular formula is C22H27FN4O2. The van der Waals surface area contributed by atoms with Gasteiger partial charge in [0.2, 0.25) is 11.8 Å². The molecule has 1 heterocycles. The SMILES string of the molecule is Cc1cccc(N2CCN(CC(=O)N(CCC(N)=O)c3ccc(F)cc3)CC2)c1. The first-order chi connectivity index (χ1) is 13.9. The Morgan fingerprint density at radius 1 is 1.07 bits per heavy atom. The van der Waals surface area contributed by atoms with Gasteiger partial charge in [-0.15, -0.1) is 0 Å². The van der Waals surface area contributed by atoms with Crippen molar-refractivity contribution in [3.8, 4) is 0 Å². The third kappa shape index (κ3) is 5.77. The van der Waals surface area contributed by atoms with E-state index in [9.17, 15) is 14.0 Å². The Balaban J connectivity index is 1.60. The molecule has 2 aromatic carbocycles. The molecule has 2 amide bonds. The van der Waals surface area contributed by atoms with Gasteiger partial charge in [0.25, 0.3) is 0 Å². The molecule has 0 saturated carbocycles. The molecule has 1 aliphatic rings. The molecular weight excluding hydrogens is 371 g/mol. The number of nitrogens with two attached hydrogens (primary N) is 1. The van der Waals surface area contributed by atoms with Crippen molar-refractivity contribution in [2.75, 3.05) is 49.1 Å². The maximum atomic E-state index is 13.2. The van der Waals surface area contributed by atoms with Gasteiger partial charge in [-0.25, -0.2) is 4.39 Å². The summed E-state index contributed by atoms with van der Waals surface area (Å²) in [6.07, 6.45) is 0.0598. The van der Waals surface area contributed by atoms with E-state index in [2.05, 4.69) is 41.0 Å². The number of halogens is 1. The average Bonchev–Trinajstić information content (AvgIpc) is 2.70. The molecule has 0 atom stereocenters. The van der Waals surface area contributed by atoms with Crippen LogP contribution in [0.25, 0.3) is 0 Å². The Hall–Kier alpha value is -2.93.